The van der Waals surface area contributed by atoms with Crippen molar-refractivity contribution in [2.45, 2.75) is 20.7 Å². The van der Waals surface area contributed by atoms with Gasteiger partial charge in [-0.25, -0.2) is 13.6 Å². The van der Waals surface area contributed by atoms with E-state index in [1.54, 1.807) is 11.8 Å². The van der Waals surface area contributed by atoms with Crippen LogP contribution in [0.5, 0.6) is 0 Å². The Hall–Kier alpha value is -3.12. The fourth-order valence-corrected chi connectivity index (χ4v) is 5.16. The molecule has 0 spiro atoms. The van der Waals surface area contributed by atoms with E-state index in [2.05, 4.69) is 15.5 Å². The van der Waals surface area contributed by atoms with Crippen LogP contribution < -0.4 is 10.5 Å². The van der Waals surface area contributed by atoms with Crippen LogP contribution >= 0.6 is 23.5 Å². The van der Waals surface area contributed by atoms with Gasteiger partial charge in [-0.15, -0.1) is 22.0 Å². The summed E-state index contributed by atoms with van der Waals surface area (Å²) in [5, 5.41) is 17.2. The van der Waals surface area contributed by atoms with Crippen molar-refractivity contribution in [1.82, 2.24) is 14.8 Å². The van der Waals surface area contributed by atoms with E-state index in [1.807, 2.05) is 65.2 Å². The molecule has 4 rings (SSSR count). The van der Waals surface area contributed by atoms with Gasteiger partial charge in [0.2, 0.25) is 15.9 Å². The van der Waals surface area contributed by atoms with Crippen LogP contribution in [-0.4, -0.2) is 34.8 Å². The van der Waals surface area contributed by atoms with E-state index in [4.69, 9.17) is 5.14 Å². The highest BCUT2D eigenvalue weighted by molar-refractivity contribution is 7.99. The molecule has 34 heavy (non-hydrogen) atoms. The molecule has 0 saturated carbocycles. The summed E-state index contributed by atoms with van der Waals surface area (Å²) in [6.07, 6.45) is 0. The van der Waals surface area contributed by atoms with Gasteiger partial charge in [0, 0.05) is 16.3 Å². The van der Waals surface area contributed by atoms with Crippen molar-refractivity contribution in [1.29, 1.82) is 0 Å². The van der Waals surface area contributed by atoms with Crippen LogP contribution in [0.4, 0.5) is 5.69 Å². The Morgan fingerprint density at radius 3 is 2.18 bits per heavy atom. The van der Waals surface area contributed by atoms with Crippen molar-refractivity contribution < 1.29 is 13.2 Å². The number of nitrogens with one attached hydrogen (secondary N) is 1. The number of hydrogen-bond acceptors (Lipinski definition) is 7. The summed E-state index contributed by atoms with van der Waals surface area (Å²) in [5.74, 6) is 1.25. The molecule has 3 aromatic carbocycles. The molecule has 0 aliphatic heterocycles. The van der Waals surface area contributed by atoms with E-state index in [-0.39, 0.29) is 16.6 Å². The first-order valence-electron chi connectivity index (χ1n) is 10.1. The highest BCUT2D eigenvalue weighted by atomic mass is 32.2. The molecule has 4 aromatic rings. The number of para-hydroxylation sites is 1. The Kier molecular flexibility index (Phi) is 7.68. The number of rotatable bonds is 9. The summed E-state index contributed by atoms with van der Waals surface area (Å²) in [6.45, 7) is 0. The number of thioether (sulfide) groups is 2. The van der Waals surface area contributed by atoms with E-state index in [9.17, 15) is 13.2 Å². The topological polar surface area (TPSA) is 120 Å². The quantitative estimate of drug-likeness (QED) is 0.327. The third-order valence-electron chi connectivity index (χ3n) is 4.62. The fourth-order valence-electron chi connectivity index (χ4n) is 3.04. The molecule has 1 heterocycles. The second-order valence-electron chi connectivity index (χ2n) is 7.08. The number of nitrogens with two attached hydrogens (primary N) is 1. The summed E-state index contributed by atoms with van der Waals surface area (Å²) >= 11 is 2.93. The van der Waals surface area contributed by atoms with Gasteiger partial charge in [0.05, 0.1) is 16.4 Å². The van der Waals surface area contributed by atoms with Crippen molar-refractivity contribution in [3.8, 4) is 5.69 Å². The number of aromatic nitrogens is 3. The van der Waals surface area contributed by atoms with Crippen molar-refractivity contribution in [3.63, 3.8) is 0 Å². The number of benzene rings is 3. The Morgan fingerprint density at radius 2 is 1.53 bits per heavy atom. The highest BCUT2D eigenvalue weighted by Gasteiger charge is 2.16. The molecule has 3 N–H and O–H groups in total. The highest BCUT2D eigenvalue weighted by Crippen LogP contribution is 2.27. The predicted octanol–water partition coefficient (Wildman–Crippen LogP) is 3.94. The van der Waals surface area contributed by atoms with Gasteiger partial charge >= 0.3 is 0 Å². The average Bonchev–Trinajstić information content (AvgIpc) is 3.25. The summed E-state index contributed by atoms with van der Waals surface area (Å²) < 4.78 is 24.7. The number of anilines is 1. The Labute approximate surface area is 206 Å². The van der Waals surface area contributed by atoms with Crippen LogP contribution in [0.15, 0.2) is 99.9 Å². The summed E-state index contributed by atoms with van der Waals surface area (Å²) in [4.78, 5) is 13.6. The zero-order chi connectivity index (χ0) is 24.0. The van der Waals surface area contributed by atoms with E-state index in [0.717, 1.165) is 16.4 Å². The Morgan fingerprint density at radius 1 is 0.882 bits per heavy atom. The van der Waals surface area contributed by atoms with Gasteiger partial charge in [0.1, 0.15) is 5.82 Å². The molecular formula is C23H21N5O3S3. The van der Waals surface area contributed by atoms with E-state index in [1.165, 1.54) is 36.0 Å². The second-order valence-corrected chi connectivity index (χ2v) is 10.6. The van der Waals surface area contributed by atoms with Crippen LogP contribution in [0.2, 0.25) is 0 Å². The van der Waals surface area contributed by atoms with Crippen molar-refractivity contribution in [2.24, 2.45) is 5.14 Å². The molecule has 0 atom stereocenters. The Bertz CT molecular complexity index is 1360. The van der Waals surface area contributed by atoms with E-state index >= 15 is 0 Å². The SMILES string of the molecule is NS(=O)(=O)c1ccc(NC(=O)CSc2nnc(CSc3ccccc3)n2-c2ccccc2)cc1. The minimum Gasteiger partial charge on any atom is -0.325 e. The van der Waals surface area contributed by atoms with Crippen LogP contribution in [0.1, 0.15) is 5.82 Å². The van der Waals surface area contributed by atoms with Crippen molar-refractivity contribution in [2.75, 3.05) is 11.1 Å². The van der Waals surface area contributed by atoms with Crippen LogP contribution in [0, 0.1) is 0 Å². The van der Waals surface area contributed by atoms with Gasteiger partial charge in [-0.3, -0.25) is 9.36 Å². The molecule has 0 bridgehead atoms. The zero-order valence-corrected chi connectivity index (χ0v) is 20.3. The van der Waals surface area contributed by atoms with Crippen molar-refractivity contribution in [3.05, 3.63) is 90.8 Å². The summed E-state index contributed by atoms with van der Waals surface area (Å²) in [6, 6.07) is 25.5. The first-order valence-corrected chi connectivity index (χ1v) is 13.6. The maximum absolute atomic E-state index is 12.5. The minimum atomic E-state index is -3.78. The lowest BCUT2D eigenvalue weighted by Gasteiger charge is -2.10. The maximum Gasteiger partial charge on any atom is 0.238 e. The number of sulfonamides is 1. The lowest BCUT2D eigenvalue weighted by atomic mass is 10.3. The van der Waals surface area contributed by atoms with E-state index < -0.39 is 10.0 Å². The molecule has 0 unspecified atom stereocenters. The largest absolute Gasteiger partial charge is 0.325 e. The van der Waals surface area contributed by atoms with E-state index in [0.29, 0.717) is 16.6 Å². The molecule has 11 heteroatoms. The Balaban J connectivity index is 1.45. The molecule has 0 aliphatic rings. The number of carbonyl (C=O) groups excluding carboxylic acids is 1. The number of nitrogens with zero attached hydrogens (tertiary/aromatic N) is 3. The molecule has 0 fully saturated rings. The first kappa shape index (κ1) is 24.0. The monoisotopic (exact) mass is 511 g/mol. The van der Waals surface area contributed by atoms with Crippen molar-refractivity contribution >= 4 is 45.1 Å². The van der Waals surface area contributed by atoms with Gasteiger partial charge in [-0.2, -0.15) is 0 Å². The van der Waals surface area contributed by atoms with Gasteiger partial charge in [0.25, 0.3) is 0 Å². The molecule has 0 saturated heterocycles. The number of hydrogen-bond donors (Lipinski definition) is 2. The van der Waals surface area contributed by atoms with Gasteiger partial charge in [-0.1, -0.05) is 48.2 Å². The molecule has 174 valence electrons. The zero-order valence-electron chi connectivity index (χ0n) is 17.9. The standard InChI is InChI=1S/C23H21N5O3S3/c24-34(30,31)20-13-11-17(12-14-20)25-22(29)16-33-23-27-26-21(15-32-19-9-5-2-6-10-19)28(23)18-7-3-1-4-8-18/h1-14H,15-16H2,(H,25,29)(H2,24,30,31). The normalized spacial score (nSPS) is 11.3. The molecular weight excluding hydrogens is 490 g/mol. The number of carbonyl (C=O) groups is 1. The lowest BCUT2D eigenvalue weighted by molar-refractivity contribution is -0.113. The van der Waals surface area contributed by atoms with Crippen LogP contribution in [0.3, 0.4) is 0 Å². The van der Waals surface area contributed by atoms with Crippen LogP contribution in [-0.2, 0) is 20.6 Å². The molecule has 8 nitrogen and oxygen atoms in total. The van der Waals surface area contributed by atoms with Gasteiger partial charge in [0.15, 0.2) is 5.16 Å². The summed E-state index contributed by atoms with van der Waals surface area (Å²) in [5.41, 5.74) is 1.39. The van der Waals surface area contributed by atoms with Crippen LogP contribution in [0.25, 0.3) is 5.69 Å². The lowest BCUT2D eigenvalue weighted by Crippen LogP contribution is -2.15. The average molecular weight is 512 g/mol. The molecule has 1 amide bonds. The fraction of sp³-hybridized carbons (Fsp3) is 0.0870. The maximum atomic E-state index is 12.5. The predicted molar refractivity (Wildman–Crippen MR) is 135 cm³/mol. The summed E-state index contributed by atoms with van der Waals surface area (Å²) in [7, 11) is -3.78. The smallest absolute Gasteiger partial charge is 0.238 e. The molecule has 0 radical (unpaired) electrons. The first-order chi connectivity index (χ1) is 16.4. The van der Waals surface area contributed by atoms with Gasteiger partial charge in [-0.05, 0) is 48.5 Å². The second kappa shape index (κ2) is 10.9. The molecule has 1 aromatic heterocycles. The third-order valence-corrected chi connectivity index (χ3v) is 7.49. The molecule has 0 aliphatic carbocycles. The third kappa shape index (κ3) is 6.26. The number of amides is 1. The van der Waals surface area contributed by atoms with Gasteiger partial charge < -0.3 is 5.32 Å². The minimum absolute atomic E-state index is 0.0169. The number of primary sulfonamides is 1.